The van der Waals surface area contributed by atoms with Crippen LogP contribution in [0.5, 0.6) is 5.75 Å². The van der Waals surface area contributed by atoms with Crippen LogP contribution in [0.2, 0.25) is 0 Å². The van der Waals surface area contributed by atoms with Gasteiger partial charge in [0.1, 0.15) is 17.3 Å². The van der Waals surface area contributed by atoms with E-state index in [4.69, 9.17) is 4.74 Å². The number of halogens is 1. The highest BCUT2D eigenvalue weighted by Crippen LogP contribution is 2.29. The van der Waals surface area contributed by atoms with Crippen LogP contribution in [0.3, 0.4) is 0 Å². The molecule has 7 nitrogen and oxygen atoms in total. The first-order chi connectivity index (χ1) is 13.9. The van der Waals surface area contributed by atoms with Gasteiger partial charge in [-0.25, -0.2) is 9.07 Å². The Balaban J connectivity index is 1.59. The lowest BCUT2D eigenvalue weighted by Crippen LogP contribution is -2.20. The molecule has 0 saturated heterocycles. The number of aryl methyl sites for hydroxylation is 2. The highest BCUT2D eigenvalue weighted by atomic mass is 19.1. The summed E-state index contributed by atoms with van der Waals surface area (Å²) in [5.41, 5.74) is 3.02. The van der Waals surface area contributed by atoms with Crippen molar-refractivity contribution in [3.8, 4) is 11.4 Å². The second kappa shape index (κ2) is 7.38. The number of rotatable bonds is 4. The van der Waals surface area contributed by atoms with Crippen LogP contribution in [-0.4, -0.2) is 28.7 Å². The third-order valence-corrected chi connectivity index (χ3v) is 4.74. The molecule has 2 heterocycles. The number of carbonyl (C=O) groups is 2. The zero-order valence-corrected chi connectivity index (χ0v) is 16.0. The van der Waals surface area contributed by atoms with E-state index in [1.807, 2.05) is 25.1 Å². The number of hydrogen-bond acceptors (Lipinski definition) is 4. The number of aromatic nitrogens is 2. The quantitative estimate of drug-likeness (QED) is 0.710. The van der Waals surface area contributed by atoms with Gasteiger partial charge in [-0.05, 0) is 54.8 Å². The summed E-state index contributed by atoms with van der Waals surface area (Å²) < 4.78 is 21.3. The zero-order valence-electron chi connectivity index (χ0n) is 16.0. The van der Waals surface area contributed by atoms with Crippen molar-refractivity contribution in [2.45, 2.75) is 19.8 Å². The average molecular weight is 394 g/mol. The van der Waals surface area contributed by atoms with Crippen LogP contribution >= 0.6 is 0 Å². The molecule has 0 atom stereocenters. The average Bonchev–Trinajstić information content (AvgIpc) is 3.19. The molecule has 8 heteroatoms. The minimum Gasteiger partial charge on any atom is -0.494 e. The van der Waals surface area contributed by atoms with Crippen LogP contribution in [0, 0.1) is 12.7 Å². The molecule has 0 saturated carbocycles. The van der Waals surface area contributed by atoms with Gasteiger partial charge in [0.25, 0.3) is 5.91 Å². The fourth-order valence-corrected chi connectivity index (χ4v) is 3.24. The summed E-state index contributed by atoms with van der Waals surface area (Å²) in [6.45, 7) is 1.94. The molecule has 0 fully saturated rings. The van der Waals surface area contributed by atoms with Crippen molar-refractivity contribution in [3.05, 3.63) is 65.2 Å². The summed E-state index contributed by atoms with van der Waals surface area (Å²) in [4.78, 5) is 24.2. The Morgan fingerprint density at radius 2 is 2.07 bits per heavy atom. The van der Waals surface area contributed by atoms with E-state index in [1.165, 1.54) is 22.9 Å². The summed E-state index contributed by atoms with van der Waals surface area (Å²) in [6.07, 6.45) is 2.42. The molecule has 0 bridgehead atoms. The van der Waals surface area contributed by atoms with E-state index in [0.29, 0.717) is 35.5 Å². The molecule has 1 aliphatic heterocycles. The van der Waals surface area contributed by atoms with E-state index in [-0.39, 0.29) is 17.3 Å². The number of carbonyl (C=O) groups excluding carboxylic acids is 2. The Morgan fingerprint density at radius 3 is 2.86 bits per heavy atom. The van der Waals surface area contributed by atoms with Crippen molar-refractivity contribution in [1.29, 1.82) is 0 Å². The maximum atomic E-state index is 14.4. The van der Waals surface area contributed by atoms with Crippen LogP contribution in [0.15, 0.2) is 42.6 Å². The Kier molecular flexibility index (Phi) is 4.75. The minimum absolute atomic E-state index is 0.0152. The van der Waals surface area contributed by atoms with E-state index in [0.717, 1.165) is 5.56 Å². The Labute approximate surface area is 166 Å². The van der Waals surface area contributed by atoms with Crippen molar-refractivity contribution in [3.63, 3.8) is 0 Å². The number of ether oxygens (including phenoxy) is 1. The first-order valence-corrected chi connectivity index (χ1v) is 9.09. The maximum Gasteiger partial charge on any atom is 0.276 e. The number of hydrogen-bond donors (Lipinski definition) is 2. The SMILES string of the molecule is COc1ccc(C)cc1-n1ccc(C(=O)Nc2cc3c(cc2F)CCC(=O)N3)n1. The Bertz CT molecular complexity index is 1120. The summed E-state index contributed by atoms with van der Waals surface area (Å²) in [5, 5.41) is 9.51. The molecule has 29 heavy (non-hydrogen) atoms. The Morgan fingerprint density at radius 1 is 1.24 bits per heavy atom. The summed E-state index contributed by atoms with van der Waals surface area (Å²) in [5.74, 6) is -0.640. The zero-order chi connectivity index (χ0) is 20.5. The number of anilines is 2. The molecule has 3 aromatic rings. The highest BCUT2D eigenvalue weighted by Gasteiger charge is 2.20. The van der Waals surface area contributed by atoms with Crippen molar-refractivity contribution >= 4 is 23.2 Å². The third-order valence-electron chi connectivity index (χ3n) is 4.74. The molecule has 2 aromatic carbocycles. The van der Waals surface area contributed by atoms with E-state index in [2.05, 4.69) is 15.7 Å². The van der Waals surface area contributed by atoms with E-state index in [9.17, 15) is 14.0 Å². The standard InChI is InChI=1S/C21H19FN4O3/c1-12-3-5-19(29-2)18(9-12)26-8-7-15(25-26)21(28)24-17-11-16-13(10-14(17)22)4-6-20(27)23-16/h3,5,7-11H,4,6H2,1-2H3,(H,23,27)(H,24,28). The summed E-state index contributed by atoms with van der Waals surface area (Å²) in [7, 11) is 1.56. The van der Waals surface area contributed by atoms with Crippen LogP contribution in [0.25, 0.3) is 5.69 Å². The molecular formula is C21H19FN4O3. The first kappa shape index (κ1) is 18.7. The molecule has 0 aliphatic carbocycles. The van der Waals surface area contributed by atoms with E-state index < -0.39 is 11.7 Å². The van der Waals surface area contributed by atoms with Crippen LogP contribution < -0.4 is 15.4 Å². The molecule has 4 rings (SSSR count). The monoisotopic (exact) mass is 394 g/mol. The van der Waals surface area contributed by atoms with Crippen molar-refractivity contribution in [2.75, 3.05) is 17.7 Å². The van der Waals surface area contributed by atoms with E-state index in [1.54, 1.807) is 13.3 Å². The number of benzene rings is 2. The molecule has 2 N–H and O–H groups in total. The van der Waals surface area contributed by atoms with Crippen LogP contribution in [0.1, 0.15) is 28.0 Å². The predicted molar refractivity (Wildman–Crippen MR) is 106 cm³/mol. The number of methoxy groups -OCH3 is 1. The van der Waals surface area contributed by atoms with Gasteiger partial charge in [0.15, 0.2) is 5.69 Å². The lowest BCUT2D eigenvalue weighted by molar-refractivity contribution is -0.116. The number of nitrogens with one attached hydrogen (secondary N) is 2. The van der Waals surface area contributed by atoms with Gasteiger partial charge in [-0.1, -0.05) is 6.07 Å². The van der Waals surface area contributed by atoms with E-state index >= 15 is 0 Å². The molecule has 1 aliphatic rings. The fraction of sp³-hybridized carbons (Fsp3) is 0.190. The predicted octanol–water partition coefficient (Wildman–Crippen LogP) is 3.47. The van der Waals surface area contributed by atoms with Gasteiger partial charge in [-0.3, -0.25) is 9.59 Å². The smallest absolute Gasteiger partial charge is 0.276 e. The van der Waals surface area contributed by atoms with Crippen LogP contribution in [0.4, 0.5) is 15.8 Å². The van der Waals surface area contributed by atoms with Gasteiger partial charge >= 0.3 is 0 Å². The second-order valence-corrected chi connectivity index (χ2v) is 6.81. The lowest BCUT2D eigenvalue weighted by Gasteiger charge is -2.18. The molecule has 148 valence electrons. The molecule has 0 unspecified atom stereocenters. The summed E-state index contributed by atoms with van der Waals surface area (Å²) in [6, 6.07) is 9.93. The van der Waals surface area contributed by atoms with Gasteiger partial charge in [-0.15, -0.1) is 0 Å². The molecule has 2 amide bonds. The minimum atomic E-state index is -0.562. The molecule has 1 aromatic heterocycles. The van der Waals surface area contributed by atoms with Gasteiger partial charge in [0.05, 0.1) is 12.8 Å². The fourth-order valence-electron chi connectivity index (χ4n) is 3.24. The van der Waals surface area contributed by atoms with Crippen LogP contribution in [-0.2, 0) is 11.2 Å². The van der Waals surface area contributed by atoms with Crippen molar-refractivity contribution < 1.29 is 18.7 Å². The third kappa shape index (κ3) is 3.69. The highest BCUT2D eigenvalue weighted by molar-refractivity contribution is 6.03. The molecule has 0 radical (unpaired) electrons. The largest absolute Gasteiger partial charge is 0.494 e. The normalized spacial score (nSPS) is 12.9. The van der Waals surface area contributed by atoms with Crippen molar-refractivity contribution in [2.24, 2.45) is 0 Å². The number of nitrogens with zero attached hydrogens (tertiary/aromatic N) is 2. The van der Waals surface area contributed by atoms with Gasteiger partial charge in [0.2, 0.25) is 5.91 Å². The van der Waals surface area contributed by atoms with Gasteiger partial charge in [0, 0.05) is 18.3 Å². The first-order valence-electron chi connectivity index (χ1n) is 9.09. The number of amides is 2. The maximum absolute atomic E-state index is 14.4. The molecule has 0 spiro atoms. The Hall–Kier alpha value is -3.68. The second-order valence-electron chi connectivity index (χ2n) is 6.81. The molecular weight excluding hydrogens is 375 g/mol. The van der Waals surface area contributed by atoms with Gasteiger partial charge in [-0.2, -0.15) is 5.10 Å². The van der Waals surface area contributed by atoms with Crippen molar-refractivity contribution in [1.82, 2.24) is 9.78 Å². The summed E-state index contributed by atoms with van der Waals surface area (Å²) >= 11 is 0. The lowest BCUT2D eigenvalue weighted by atomic mass is 10.0. The topological polar surface area (TPSA) is 85.2 Å². The van der Waals surface area contributed by atoms with Gasteiger partial charge < -0.3 is 15.4 Å². The number of fused-ring (bicyclic) bond motifs is 1.